The van der Waals surface area contributed by atoms with E-state index in [1.54, 1.807) is 0 Å². The number of aryl methyl sites for hydroxylation is 2. The summed E-state index contributed by atoms with van der Waals surface area (Å²) >= 11 is 0. The lowest BCUT2D eigenvalue weighted by molar-refractivity contribution is 0.110. The van der Waals surface area contributed by atoms with Gasteiger partial charge in [-0.2, -0.15) is 5.26 Å². The monoisotopic (exact) mass is 277 g/mol. The maximum Gasteiger partial charge on any atom is 0.113 e. The summed E-state index contributed by atoms with van der Waals surface area (Å²) in [5.41, 5.74) is 4.43. The van der Waals surface area contributed by atoms with Gasteiger partial charge >= 0.3 is 0 Å². The van der Waals surface area contributed by atoms with Crippen LogP contribution in [0.2, 0.25) is 0 Å². The smallest absolute Gasteiger partial charge is 0.113 e. The molecule has 0 saturated carbocycles. The topological polar surface area (TPSA) is 44.0 Å². The summed E-state index contributed by atoms with van der Waals surface area (Å²) < 4.78 is 0. The maximum atomic E-state index is 11.0. The fraction of sp³-hybridized carbons (Fsp3) is 0.316. The van der Waals surface area contributed by atoms with Gasteiger partial charge in [0.1, 0.15) is 11.5 Å². The highest BCUT2D eigenvalue weighted by Crippen LogP contribution is 2.47. The van der Waals surface area contributed by atoms with Crippen LogP contribution in [-0.2, 0) is 11.8 Å². The first-order chi connectivity index (χ1) is 10.1. The quantitative estimate of drug-likeness (QED) is 0.908. The molecule has 0 amide bonds. The van der Waals surface area contributed by atoms with E-state index in [4.69, 9.17) is 0 Å². The number of fused-ring (bicyclic) bond motifs is 1. The molecule has 0 heterocycles. The average Bonchev–Trinajstić information content (AvgIpc) is 2.89. The second-order valence-electron chi connectivity index (χ2n) is 5.93. The molecule has 0 bridgehead atoms. The van der Waals surface area contributed by atoms with Gasteiger partial charge < -0.3 is 5.11 Å². The lowest BCUT2D eigenvalue weighted by Gasteiger charge is -2.30. The van der Waals surface area contributed by atoms with Gasteiger partial charge in [-0.05, 0) is 54.5 Å². The summed E-state index contributed by atoms with van der Waals surface area (Å²) in [5.74, 6) is 0. The first kappa shape index (κ1) is 13.9. The number of nitriles is 1. The maximum absolute atomic E-state index is 11.0. The Morgan fingerprint density at radius 3 is 2.67 bits per heavy atom. The number of hydrogen-bond donors (Lipinski definition) is 1. The molecule has 2 heteroatoms. The molecule has 2 nitrogen and oxygen atoms in total. The third-order valence-corrected chi connectivity index (χ3v) is 4.89. The third kappa shape index (κ3) is 1.97. The summed E-state index contributed by atoms with van der Waals surface area (Å²) in [4.78, 5) is 0. The largest absolute Gasteiger partial charge is 0.386 e. The van der Waals surface area contributed by atoms with E-state index in [1.165, 1.54) is 5.56 Å². The minimum atomic E-state index is -0.824. The molecule has 2 atom stereocenters. The molecule has 2 unspecified atom stereocenters. The zero-order valence-electron chi connectivity index (χ0n) is 12.4. The Bertz CT molecular complexity index is 729. The fourth-order valence-electron chi connectivity index (χ4n) is 3.44. The van der Waals surface area contributed by atoms with E-state index in [-0.39, 0.29) is 0 Å². The lowest BCUT2D eigenvalue weighted by atomic mass is 9.74. The van der Waals surface area contributed by atoms with Crippen molar-refractivity contribution in [3.05, 3.63) is 70.3 Å². The zero-order valence-corrected chi connectivity index (χ0v) is 12.4. The van der Waals surface area contributed by atoms with Gasteiger partial charge in [-0.15, -0.1) is 0 Å². The molecule has 1 aliphatic carbocycles. The van der Waals surface area contributed by atoms with E-state index in [9.17, 15) is 10.4 Å². The molecular formula is C19H19NO. The van der Waals surface area contributed by atoms with Crippen LogP contribution in [-0.4, -0.2) is 5.11 Å². The Kier molecular flexibility index (Phi) is 3.31. The minimum absolute atomic E-state index is 0.678. The van der Waals surface area contributed by atoms with Crippen molar-refractivity contribution < 1.29 is 5.11 Å². The third-order valence-electron chi connectivity index (χ3n) is 4.89. The Balaban J connectivity index is 2.14. The molecule has 1 N–H and O–H groups in total. The number of aliphatic hydroxyl groups is 1. The summed E-state index contributed by atoms with van der Waals surface area (Å²) in [6, 6.07) is 16.3. The fourth-order valence-corrected chi connectivity index (χ4v) is 3.44. The van der Waals surface area contributed by atoms with E-state index in [1.807, 2.05) is 50.2 Å². The predicted octanol–water partition coefficient (Wildman–Crippen LogP) is 3.74. The molecule has 0 radical (unpaired) electrons. The Labute approximate surface area is 125 Å². The molecule has 0 aliphatic heterocycles. The van der Waals surface area contributed by atoms with Crippen LogP contribution in [0.25, 0.3) is 0 Å². The molecular weight excluding hydrogens is 258 g/mol. The van der Waals surface area contributed by atoms with E-state index < -0.39 is 11.5 Å². The molecule has 0 saturated heterocycles. The van der Waals surface area contributed by atoms with Gasteiger partial charge in [-0.1, -0.05) is 42.5 Å². The van der Waals surface area contributed by atoms with Gasteiger partial charge in [0.25, 0.3) is 0 Å². The first-order valence-electron chi connectivity index (χ1n) is 7.34. The summed E-state index contributed by atoms with van der Waals surface area (Å²) in [6.45, 7) is 4.05. The number of hydrogen-bond acceptors (Lipinski definition) is 2. The second-order valence-corrected chi connectivity index (χ2v) is 5.93. The summed E-state index contributed by atoms with van der Waals surface area (Å²) in [6.07, 6.45) is 0.745. The Hall–Kier alpha value is -2.11. The zero-order chi connectivity index (χ0) is 15.0. The van der Waals surface area contributed by atoms with Crippen molar-refractivity contribution in [2.45, 2.75) is 38.2 Å². The predicted molar refractivity (Wildman–Crippen MR) is 82.9 cm³/mol. The molecule has 2 aromatic carbocycles. The SMILES string of the molecule is Cc1cccc(C(O)C2(C#N)CCc3ccccc32)c1C. The Morgan fingerprint density at radius 1 is 1.14 bits per heavy atom. The van der Waals surface area contributed by atoms with Gasteiger partial charge in [0.15, 0.2) is 0 Å². The van der Waals surface area contributed by atoms with Crippen molar-refractivity contribution >= 4 is 0 Å². The second kappa shape index (κ2) is 5.02. The van der Waals surface area contributed by atoms with Crippen LogP contribution >= 0.6 is 0 Å². The number of aliphatic hydroxyl groups excluding tert-OH is 1. The average molecular weight is 277 g/mol. The highest BCUT2D eigenvalue weighted by Gasteiger charge is 2.46. The molecule has 1 aliphatic rings. The van der Waals surface area contributed by atoms with Crippen molar-refractivity contribution in [1.29, 1.82) is 5.26 Å². The van der Waals surface area contributed by atoms with E-state index in [0.717, 1.165) is 28.7 Å². The van der Waals surface area contributed by atoms with Crippen LogP contribution in [0.1, 0.15) is 40.3 Å². The number of nitrogens with zero attached hydrogens (tertiary/aromatic N) is 1. The van der Waals surface area contributed by atoms with Crippen LogP contribution in [0.5, 0.6) is 0 Å². The van der Waals surface area contributed by atoms with Crippen LogP contribution in [0, 0.1) is 25.2 Å². The van der Waals surface area contributed by atoms with Crippen LogP contribution in [0.3, 0.4) is 0 Å². The van der Waals surface area contributed by atoms with Crippen LogP contribution in [0.15, 0.2) is 42.5 Å². The standard InChI is InChI=1S/C19H19NO/c1-13-6-5-8-16(14(13)2)18(21)19(12-20)11-10-15-7-3-4-9-17(15)19/h3-9,18,21H,10-11H2,1-2H3. The van der Waals surface area contributed by atoms with Crippen LogP contribution in [0.4, 0.5) is 0 Å². The molecule has 2 aromatic rings. The van der Waals surface area contributed by atoms with Gasteiger partial charge in [0, 0.05) is 0 Å². The Morgan fingerprint density at radius 2 is 1.90 bits per heavy atom. The van der Waals surface area contributed by atoms with Crippen molar-refractivity contribution in [3.63, 3.8) is 0 Å². The van der Waals surface area contributed by atoms with E-state index in [2.05, 4.69) is 12.1 Å². The molecule has 21 heavy (non-hydrogen) atoms. The van der Waals surface area contributed by atoms with Gasteiger partial charge in [-0.3, -0.25) is 0 Å². The van der Waals surface area contributed by atoms with Crippen LogP contribution < -0.4 is 0 Å². The molecule has 0 aromatic heterocycles. The van der Waals surface area contributed by atoms with Gasteiger partial charge in [0.05, 0.1) is 6.07 Å². The van der Waals surface area contributed by atoms with Crippen molar-refractivity contribution in [2.24, 2.45) is 0 Å². The number of benzene rings is 2. The normalized spacial score (nSPS) is 21.6. The molecule has 106 valence electrons. The highest BCUT2D eigenvalue weighted by molar-refractivity contribution is 5.49. The number of rotatable bonds is 2. The first-order valence-corrected chi connectivity index (χ1v) is 7.34. The minimum Gasteiger partial charge on any atom is -0.386 e. The summed E-state index contributed by atoms with van der Waals surface area (Å²) in [7, 11) is 0. The molecule has 0 spiro atoms. The molecule has 3 rings (SSSR count). The lowest BCUT2D eigenvalue weighted by Crippen LogP contribution is -2.30. The van der Waals surface area contributed by atoms with Gasteiger partial charge in [0.2, 0.25) is 0 Å². The van der Waals surface area contributed by atoms with E-state index in [0.29, 0.717) is 6.42 Å². The van der Waals surface area contributed by atoms with Crippen molar-refractivity contribution in [1.82, 2.24) is 0 Å². The van der Waals surface area contributed by atoms with Crippen molar-refractivity contribution in [2.75, 3.05) is 0 Å². The van der Waals surface area contributed by atoms with Crippen molar-refractivity contribution in [3.8, 4) is 6.07 Å². The van der Waals surface area contributed by atoms with Gasteiger partial charge in [-0.25, -0.2) is 0 Å². The van der Waals surface area contributed by atoms with E-state index >= 15 is 0 Å². The summed E-state index contributed by atoms with van der Waals surface area (Å²) in [5, 5.41) is 20.8. The highest BCUT2D eigenvalue weighted by atomic mass is 16.3. The molecule has 0 fully saturated rings.